The van der Waals surface area contributed by atoms with Crippen molar-refractivity contribution in [3.8, 4) is 5.69 Å². The molecule has 27 heavy (non-hydrogen) atoms. The van der Waals surface area contributed by atoms with Crippen molar-refractivity contribution in [1.82, 2.24) is 13.9 Å². The number of aromatic nitrogens is 3. The summed E-state index contributed by atoms with van der Waals surface area (Å²) in [5.41, 5.74) is 3.16. The van der Waals surface area contributed by atoms with Crippen LogP contribution in [-0.4, -0.2) is 13.9 Å². The lowest BCUT2D eigenvalue weighted by Crippen LogP contribution is -2.66. The van der Waals surface area contributed by atoms with Crippen LogP contribution in [0.3, 0.4) is 0 Å². The molecule has 0 N–H and O–H groups in total. The summed E-state index contributed by atoms with van der Waals surface area (Å²) < 4.78 is 4.81. The van der Waals surface area contributed by atoms with E-state index in [-0.39, 0.29) is 34.3 Å². The average Bonchev–Trinajstić information content (AvgIpc) is 2.97. The highest BCUT2D eigenvalue weighted by Gasteiger charge is 2.70. The molecule has 0 radical (unpaired) electrons. The zero-order valence-corrected chi connectivity index (χ0v) is 15.7. The van der Waals surface area contributed by atoms with Crippen molar-refractivity contribution in [2.75, 3.05) is 0 Å². The van der Waals surface area contributed by atoms with Crippen LogP contribution in [0.15, 0.2) is 63.2 Å². The molecule has 0 amide bonds. The number of allylic oxidation sites excluding steroid dienone is 4. The molecular formula is C22H23N3O2. The molecule has 0 fully saturated rings. The number of benzene rings is 1. The first-order valence-corrected chi connectivity index (χ1v) is 9.94. The fourth-order valence-electron chi connectivity index (χ4n) is 6.61. The van der Waals surface area contributed by atoms with Gasteiger partial charge in [0.1, 0.15) is 0 Å². The number of nitrogens with zero attached hydrogens (tertiary/aromatic N) is 3. The molecule has 7 rings (SSSR count). The summed E-state index contributed by atoms with van der Waals surface area (Å²) in [6.45, 7) is 4.64. The number of hydrogen-bond acceptors (Lipinski definition) is 2. The quantitative estimate of drug-likeness (QED) is 0.731. The highest BCUT2D eigenvalue weighted by molar-refractivity contribution is 5.51. The SMILES string of the molecule is C[C@@]12C3=C(CCCC3)[C@]1(C)[C@H]1C=C[C@@H]2n2c(=O)n(-c3ccccc3)c(=O)n21. The number of hydrogen-bond donors (Lipinski definition) is 0. The van der Waals surface area contributed by atoms with Gasteiger partial charge in [0.25, 0.3) is 0 Å². The summed E-state index contributed by atoms with van der Waals surface area (Å²) in [6, 6.07) is 9.10. The second kappa shape index (κ2) is 4.64. The lowest BCUT2D eigenvalue weighted by atomic mass is 9.38. The third-order valence-corrected chi connectivity index (χ3v) is 8.01. The van der Waals surface area contributed by atoms with E-state index in [9.17, 15) is 9.59 Å². The van der Waals surface area contributed by atoms with Crippen molar-refractivity contribution < 1.29 is 0 Å². The lowest BCUT2D eigenvalue weighted by Gasteiger charge is -2.69. The van der Waals surface area contributed by atoms with E-state index in [0.717, 1.165) is 12.8 Å². The minimum Gasteiger partial charge on any atom is -0.245 e. The minimum atomic E-state index is -0.223. The number of rotatable bonds is 1. The second-order valence-corrected chi connectivity index (χ2v) is 8.77. The van der Waals surface area contributed by atoms with Gasteiger partial charge in [0.2, 0.25) is 0 Å². The van der Waals surface area contributed by atoms with Crippen LogP contribution >= 0.6 is 0 Å². The first-order valence-electron chi connectivity index (χ1n) is 9.94. The maximum atomic E-state index is 13.4. The number of para-hydroxylation sites is 1. The van der Waals surface area contributed by atoms with Crippen LogP contribution in [0.5, 0.6) is 0 Å². The topological polar surface area (TPSA) is 48.9 Å². The molecule has 5 heteroatoms. The van der Waals surface area contributed by atoms with E-state index in [1.54, 1.807) is 20.5 Å². The molecule has 3 aliphatic carbocycles. The van der Waals surface area contributed by atoms with Crippen molar-refractivity contribution in [2.45, 2.75) is 51.6 Å². The van der Waals surface area contributed by atoms with Gasteiger partial charge in [-0.3, -0.25) is 0 Å². The highest BCUT2D eigenvalue weighted by atomic mass is 16.2. The van der Waals surface area contributed by atoms with Gasteiger partial charge in [-0.2, -0.15) is 0 Å². The Morgan fingerprint density at radius 2 is 1.30 bits per heavy atom. The first kappa shape index (κ1) is 15.5. The van der Waals surface area contributed by atoms with Crippen LogP contribution in [-0.2, 0) is 0 Å². The predicted octanol–water partition coefficient (Wildman–Crippen LogP) is 3.36. The van der Waals surface area contributed by atoms with Crippen LogP contribution in [0.2, 0.25) is 0 Å². The van der Waals surface area contributed by atoms with Crippen LogP contribution < -0.4 is 11.4 Å². The summed E-state index contributed by atoms with van der Waals surface area (Å²) in [5.74, 6) is 0. The van der Waals surface area contributed by atoms with E-state index in [2.05, 4.69) is 26.0 Å². The summed E-state index contributed by atoms with van der Waals surface area (Å²) in [6.07, 6.45) is 9.08. The zero-order valence-electron chi connectivity index (χ0n) is 15.7. The van der Waals surface area contributed by atoms with Crippen LogP contribution in [0.1, 0.15) is 51.6 Å². The van der Waals surface area contributed by atoms with Crippen LogP contribution in [0.4, 0.5) is 0 Å². The van der Waals surface area contributed by atoms with Crippen molar-refractivity contribution >= 4 is 0 Å². The average molecular weight is 361 g/mol. The summed E-state index contributed by atoms with van der Waals surface area (Å²) in [5, 5.41) is 0. The van der Waals surface area contributed by atoms with Crippen LogP contribution in [0.25, 0.3) is 5.69 Å². The lowest BCUT2D eigenvalue weighted by molar-refractivity contribution is -0.0584. The van der Waals surface area contributed by atoms with Crippen molar-refractivity contribution in [1.29, 1.82) is 0 Å². The Bertz CT molecular complexity index is 1090. The van der Waals surface area contributed by atoms with Crippen molar-refractivity contribution in [2.24, 2.45) is 10.8 Å². The molecule has 3 heterocycles. The van der Waals surface area contributed by atoms with Gasteiger partial charge in [-0.25, -0.2) is 23.5 Å². The van der Waals surface area contributed by atoms with Gasteiger partial charge in [-0.1, -0.05) is 55.3 Å². The fourth-order valence-corrected chi connectivity index (χ4v) is 6.61. The molecule has 2 aromatic rings. The Kier molecular flexibility index (Phi) is 2.66. The third kappa shape index (κ3) is 1.44. The molecule has 2 aliphatic heterocycles. The molecule has 138 valence electrons. The van der Waals surface area contributed by atoms with Crippen LogP contribution in [0, 0.1) is 10.8 Å². The van der Waals surface area contributed by atoms with E-state index in [1.165, 1.54) is 17.4 Å². The molecule has 0 saturated carbocycles. The van der Waals surface area contributed by atoms with E-state index in [0.29, 0.717) is 5.69 Å². The minimum absolute atomic E-state index is 0.0681. The third-order valence-electron chi connectivity index (χ3n) is 8.01. The predicted molar refractivity (Wildman–Crippen MR) is 103 cm³/mol. The van der Waals surface area contributed by atoms with Gasteiger partial charge < -0.3 is 0 Å². The van der Waals surface area contributed by atoms with E-state index < -0.39 is 0 Å². The van der Waals surface area contributed by atoms with E-state index >= 15 is 0 Å². The second-order valence-electron chi connectivity index (χ2n) is 8.77. The molecule has 4 atom stereocenters. The maximum Gasteiger partial charge on any atom is 0.352 e. The summed E-state index contributed by atoms with van der Waals surface area (Å²) >= 11 is 0. The van der Waals surface area contributed by atoms with Gasteiger partial charge in [-0.05, 0) is 37.8 Å². The van der Waals surface area contributed by atoms with Crippen molar-refractivity contribution in [3.05, 3.63) is 74.6 Å². The van der Waals surface area contributed by atoms with Gasteiger partial charge in [0, 0.05) is 10.8 Å². The Labute approximate surface area is 157 Å². The molecule has 5 aliphatic rings. The van der Waals surface area contributed by atoms with Gasteiger partial charge >= 0.3 is 11.4 Å². The molecule has 1 aromatic carbocycles. The van der Waals surface area contributed by atoms with Crippen molar-refractivity contribution in [3.63, 3.8) is 0 Å². The normalized spacial score (nSPS) is 35.5. The Hall–Kier alpha value is -2.56. The first-order chi connectivity index (χ1) is 13.0. The molecule has 1 aromatic heterocycles. The van der Waals surface area contributed by atoms with Gasteiger partial charge in [0.05, 0.1) is 17.8 Å². The van der Waals surface area contributed by atoms with Gasteiger partial charge in [-0.15, -0.1) is 0 Å². The Morgan fingerprint density at radius 1 is 0.815 bits per heavy atom. The highest BCUT2D eigenvalue weighted by Crippen LogP contribution is 2.75. The van der Waals surface area contributed by atoms with Gasteiger partial charge in [0.15, 0.2) is 0 Å². The van der Waals surface area contributed by atoms with E-state index in [4.69, 9.17) is 0 Å². The Balaban J connectivity index is 1.65. The van der Waals surface area contributed by atoms with E-state index in [1.807, 2.05) is 30.3 Å². The Morgan fingerprint density at radius 3 is 1.78 bits per heavy atom. The zero-order chi connectivity index (χ0) is 18.6. The maximum absolute atomic E-state index is 13.4. The molecule has 5 nitrogen and oxygen atoms in total. The molecule has 0 spiro atoms. The summed E-state index contributed by atoms with van der Waals surface area (Å²) in [7, 11) is 0. The molecule has 0 saturated heterocycles. The summed E-state index contributed by atoms with van der Waals surface area (Å²) in [4.78, 5) is 26.7. The standard InChI is InChI=1S/C22H23N3O2/c1-21-15-10-6-7-11-16(15)22(21,2)18-13-12-17(21)24-19(26)23(20(27)25(18)24)14-8-4-3-5-9-14/h3-5,8-9,12-13,17-18H,6-7,10-11H2,1-2H3/t17-,18+,21-,22+. The molecule has 0 unspecified atom stereocenters. The molecule has 2 bridgehead atoms. The largest absolute Gasteiger partial charge is 0.352 e. The smallest absolute Gasteiger partial charge is 0.245 e. The fraction of sp³-hybridized carbons (Fsp3) is 0.455. The molecular weight excluding hydrogens is 338 g/mol. The monoisotopic (exact) mass is 361 g/mol.